The normalized spacial score (nSPS) is 15.4. The molecule has 0 aliphatic carbocycles. The summed E-state index contributed by atoms with van der Waals surface area (Å²) in [6.45, 7) is 3.13. The summed E-state index contributed by atoms with van der Waals surface area (Å²) in [5, 5.41) is 10.6. The maximum atomic E-state index is 13.5. The molecule has 0 spiro atoms. The number of carbonyl (C=O) groups excluding carboxylic acids is 2. The Balaban J connectivity index is 1.81. The minimum absolute atomic E-state index is 0.0473. The molecule has 1 amide bonds. The molecule has 1 N–H and O–H groups in total. The van der Waals surface area contributed by atoms with Crippen molar-refractivity contribution in [3.8, 4) is 5.75 Å². The van der Waals surface area contributed by atoms with E-state index in [1.807, 2.05) is 0 Å². The molecule has 0 saturated carbocycles. The van der Waals surface area contributed by atoms with Crippen LogP contribution in [-0.4, -0.2) is 21.8 Å². The number of ketones is 1. The number of fused-ring (bicyclic) bond motifs is 2. The van der Waals surface area contributed by atoms with Gasteiger partial charge in [-0.25, -0.2) is 4.98 Å². The Morgan fingerprint density at radius 1 is 1.19 bits per heavy atom. The molecule has 1 aliphatic rings. The molecule has 7 nitrogen and oxygen atoms in total. The van der Waals surface area contributed by atoms with Crippen LogP contribution in [-0.2, 0) is 0 Å². The lowest BCUT2D eigenvalue weighted by molar-refractivity contribution is 0.0969. The van der Waals surface area contributed by atoms with Gasteiger partial charge in [-0.3, -0.25) is 19.3 Å². The SMILES string of the molecule is CC(=O)c1sc(N2C(=O)c3oc4ccc(Cl)cc4c(=O)c3C2c2ccc(O)cc2)nc1C. The van der Waals surface area contributed by atoms with Crippen LogP contribution in [0.3, 0.4) is 0 Å². The minimum Gasteiger partial charge on any atom is -0.508 e. The molecular weight excluding hydrogens is 452 g/mol. The molecule has 5 rings (SSSR count). The van der Waals surface area contributed by atoms with Gasteiger partial charge in [0, 0.05) is 11.9 Å². The Morgan fingerprint density at radius 2 is 1.91 bits per heavy atom. The summed E-state index contributed by atoms with van der Waals surface area (Å²) in [6.07, 6.45) is 0. The van der Waals surface area contributed by atoms with Gasteiger partial charge >= 0.3 is 0 Å². The fourth-order valence-electron chi connectivity index (χ4n) is 3.93. The van der Waals surface area contributed by atoms with Gasteiger partial charge < -0.3 is 9.52 Å². The van der Waals surface area contributed by atoms with E-state index in [2.05, 4.69) is 4.98 Å². The second-order valence-electron chi connectivity index (χ2n) is 7.45. The predicted molar refractivity (Wildman–Crippen MR) is 121 cm³/mol. The molecule has 2 aromatic heterocycles. The van der Waals surface area contributed by atoms with Gasteiger partial charge in [0.05, 0.1) is 27.6 Å². The molecule has 1 atom stereocenters. The number of benzene rings is 2. The molecule has 0 saturated heterocycles. The van der Waals surface area contributed by atoms with Gasteiger partial charge in [0.15, 0.2) is 16.3 Å². The van der Waals surface area contributed by atoms with E-state index in [1.165, 1.54) is 30.0 Å². The number of carbonyl (C=O) groups is 2. The van der Waals surface area contributed by atoms with Crippen molar-refractivity contribution in [3.05, 3.63) is 85.2 Å². The van der Waals surface area contributed by atoms with Crippen LogP contribution >= 0.6 is 22.9 Å². The first kappa shape index (κ1) is 20.4. The molecule has 9 heteroatoms. The first-order valence-electron chi connectivity index (χ1n) is 9.63. The Labute approximate surface area is 190 Å². The summed E-state index contributed by atoms with van der Waals surface area (Å²) < 4.78 is 5.87. The van der Waals surface area contributed by atoms with E-state index in [9.17, 15) is 19.5 Å². The molecule has 0 fully saturated rings. The molecule has 1 unspecified atom stereocenters. The third-order valence-electron chi connectivity index (χ3n) is 5.35. The van der Waals surface area contributed by atoms with Crippen molar-refractivity contribution in [2.45, 2.75) is 19.9 Å². The zero-order chi connectivity index (χ0) is 22.7. The van der Waals surface area contributed by atoms with Crippen molar-refractivity contribution in [1.29, 1.82) is 0 Å². The number of aromatic hydroxyl groups is 1. The lowest BCUT2D eigenvalue weighted by Crippen LogP contribution is -2.29. The van der Waals surface area contributed by atoms with Crippen molar-refractivity contribution in [2.75, 3.05) is 4.90 Å². The van der Waals surface area contributed by atoms with E-state index in [-0.39, 0.29) is 44.4 Å². The third kappa shape index (κ3) is 3.03. The van der Waals surface area contributed by atoms with Crippen molar-refractivity contribution >= 4 is 50.7 Å². The first-order chi connectivity index (χ1) is 15.3. The first-order valence-corrected chi connectivity index (χ1v) is 10.8. The minimum atomic E-state index is -0.844. The van der Waals surface area contributed by atoms with Crippen molar-refractivity contribution in [1.82, 2.24) is 4.98 Å². The molecule has 3 heterocycles. The largest absolute Gasteiger partial charge is 0.508 e. The summed E-state index contributed by atoms with van der Waals surface area (Å²) in [5.74, 6) is -0.728. The number of phenols is 1. The lowest BCUT2D eigenvalue weighted by Gasteiger charge is -2.22. The number of thiazole rings is 1. The fourth-order valence-corrected chi connectivity index (χ4v) is 5.09. The number of nitrogens with zero attached hydrogens (tertiary/aromatic N) is 2. The van der Waals surface area contributed by atoms with E-state index >= 15 is 0 Å². The molecule has 160 valence electrons. The molecular formula is C23H15ClN2O5S. The number of rotatable bonds is 3. The average Bonchev–Trinajstić information content (AvgIpc) is 3.27. The van der Waals surface area contributed by atoms with Crippen LogP contribution < -0.4 is 10.3 Å². The number of anilines is 1. The van der Waals surface area contributed by atoms with Gasteiger partial charge in [-0.1, -0.05) is 35.1 Å². The van der Waals surface area contributed by atoms with Gasteiger partial charge in [0.25, 0.3) is 5.91 Å². The summed E-state index contributed by atoms with van der Waals surface area (Å²) in [6, 6.07) is 10.00. The smallest absolute Gasteiger partial charge is 0.297 e. The number of phenolic OH excluding ortho intramolecular Hbond substituents is 1. The number of hydrogen-bond donors (Lipinski definition) is 1. The van der Waals surface area contributed by atoms with Crippen molar-refractivity contribution < 1.29 is 19.1 Å². The molecule has 32 heavy (non-hydrogen) atoms. The van der Waals surface area contributed by atoms with Crippen LogP contribution in [0, 0.1) is 6.92 Å². The van der Waals surface area contributed by atoms with Gasteiger partial charge in [0.1, 0.15) is 11.3 Å². The number of Topliss-reactive ketones (excluding diaryl/α,β-unsaturated/α-hetero) is 1. The number of halogens is 1. The van der Waals surface area contributed by atoms with E-state index in [4.69, 9.17) is 16.0 Å². The highest BCUT2D eigenvalue weighted by atomic mass is 35.5. The highest BCUT2D eigenvalue weighted by molar-refractivity contribution is 7.17. The van der Waals surface area contributed by atoms with E-state index in [0.717, 1.165) is 11.3 Å². The van der Waals surface area contributed by atoms with E-state index < -0.39 is 11.9 Å². The number of aromatic nitrogens is 1. The Morgan fingerprint density at radius 3 is 2.56 bits per heavy atom. The Hall–Kier alpha value is -3.49. The summed E-state index contributed by atoms with van der Waals surface area (Å²) >= 11 is 7.17. The van der Waals surface area contributed by atoms with Crippen LogP contribution in [0.4, 0.5) is 5.13 Å². The van der Waals surface area contributed by atoms with Gasteiger partial charge in [-0.2, -0.15) is 0 Å². The average molecular weight is 467 g/mol. The van der Waals surface area contributed by atoms with E-state index in [0.29, 0.717) is 21.2 Å². The molecule has 0 radical (unpaired) electrons. The zero-order valence-electron chi connectivity index (χ0n) is 16.9. The summed E-state index contributed by atoms with van der Waals surface area (Å²) in [7, 11) is 0. The van der Waals surface area contributed by atoms with Crippen LogP contribution in [0.2, 0.25) is 5.02 Å². The van der Waals surface area contributed by atoms with Crippen molar-refractivity contribution in [3.63, 3.8) is 0 Å². The summed E-state index contributed by atoms with van der Waals surface area (Å²) in [4.78, 5) is 45.2. The third-order valence-corrected chi connectivity index (χ3v) is 6.84. The highest BCUT2D eigenvalue weighted by Gasteiger charge is 2.45. The van der Waals surface area contributed by atoms with E-state index in [1.54, 1.807) is 31.2 Å². The maximum Gasteiger partial charge on any atom is 0.297 e. The van der Waals surface area contributed by atoms with Gasteiger partial charge in [-0.15, -0.1) is 0 Å². The Bertz CT molecular complexity index is 1490. The van der Waals surface area contributed by atoms with Crippen LogP contribution in [0.25, 0.3) is 11.0 Å². The second-order valence-corrected chi connectivity index (χ2v) is 8.86. The molecule has 1 aliphatic heterocycles. The zero-order valence-corrected chi connectivity index (χ0v) is 18.5. The Kier molecular flexibility index (Phi) is 4.65. The predicted octanol–water partition coefficient (Wildman–Crippen LogP) is 4.87. The maximum absolute atomic E-state index is 13.5. The molecule has 2 aromatic carbocycles. The van der Waals surface area contributed by atoms with Crippen LogP contribution in [0.15, 0.2) is 51.7 Å². The fraction of sp³-hybridized carbons (Fsp3) is 0.130. The van der Waals surface area contributed by atoms with Crippen LogP contribution in [0.5, 0.6) is 5.75 Å². The topological polar surface area (TPSA) is 101 Å². The number of amides is 1. The quantitative estimate of drug-likeness (QED) is 0.432. The lowest BCUT2D eigenvalue weighted by atomic mass is 9.98. The van der Waals surface area contributed by atoms with Gasteiger partial charge in [0.2, 0.25) is 5.76 Å². The van der Waals surface area contributed by atoms with Crippen LogP contribution in [0.1, 0.15) is 50.0 Å². The molecule has 4 aromatic rings. The molecule has 0 bridgehead atoms. The van der Waals surface area contributed by atoms with Gasteiger partial charge in [-0.05, 0) is 42.8 Å². The van der Waals surface area contributed by atoms with Crippen molar-refractivity contribution in [2.24, 2.45) is 0 Å². The number of hydrogen-bond acceptors (Lipinski definition) is 7. The standard InChI is InChI=1S/C23H15ClN2O5S/c1-10-21(11(2)27)32-23(25-10)26-18(12-3-6-14(28)7-4-12)17-19(29)15-9-13(24)5-8-16(15)31-20(17)22(26)30/h3-9,18,28H,1-2H3. The monoisotopic (exact) mass is 466 g/mol. The number of aryl methyl sites for hydroxylation is 1. The summed E-state index contributed by atoms with van der Waals surface area (Å²) in [5.41, 5.74) is 1.12. The second kappa shape index (κ2) is 7.29. The highest BCUT2D eigenvalue weighted by Crippen LogP contribution is 2.43.